The maximum atomic E-state index is 12.1. The largest absolute Gasteiger partial charge is 0.370 e. The van der Waals surface area contributed by atoms with Gasteiger partial charge >= 0.3 is 0 Å². The van der Waals surface area contributed by atoms with Gasteiger partial charge in [-0.15, -0.1) is 0 Å². The molecule has 0 saturated heterocycles. The molecule has 1 aromatic heterocycles. The number of hydrogen-bond donors (Lipinski definition) is 2. The lowest BCUT2D eigenvalue weighted by atomic mass is 10.0. The van der Waals surface area contributed by atoms with E-state index in [1.165, 1.54) is 0 Å². The van der Waals surface area contributed by atoms with E-state index in [0.717, 1.165) is 25.2 Å². The molecule has 4 nitrogen and oxygen atoms in total. The van der Waals surface area contributed by atoms with E-state index in [1.807, 2.05) is 26.0 Å². The Kier molecular flexibility index (Phi) is 6.33. The Morgan fingerprint density at radius 2 is 2.05 bits per heavy atom. The lowest BCUT2D eigenvalue weighted by molar-refractivity contribution is 0.0930. The standard InChI is InChI=1S/C15H25N3O/c1-5-11(3)10-12(4)17-15(19)13-8-7-9-14(18-13)16-6-2/h7-9,11-12H,5-6,10H2,1-4H3,(H,16,18)(H,17,19). The summed E-state index contributed by atoms with van der Waals surface area (Å²) in [6.07, 6.45) is 2.13. The minimum Gasteiger partial charge on any atom is -0.370 e. The average molecular weight is 263 g/mol. The van der Waals surface area contributed by atoms with E-state index in [0.29, 0.717) is 11.6 Å². The summed E-state index contributed by atoms with van der Waals surface area (Å²) in [4.78, 5) is 16.4. The minimum atomic E-state index is -0.101. The maximum Gasteiger partial charge on any atom is 0.270 e. The molecule has 4 heteroatoms. The van der Waals surface area contributed by atoms with Gasteiger partial charge in [0.25, 0.3) is 5.91 Å². The fourth-order valence-corrected chi connectivity index (χ4v) is 1.97. The van der Waals surface area contributed by atoms with Crippen molar-refractivity contribution < 1.29 is 4.79 Å². The third kappa shape index (κ3) is 5.28. The predicted octanol–water partition coefficient (Wildman–Crippen LogP) is 3.07. The summed E-state index contributed by atoms with van der Waals surface area (Å²) in [6.45, 7) is 9.21. The molecule has 0 aliphatic heterocycles. The molecule has 0 fully saturated rings. The van der Waals surface area contributed by atoms with E-state index in [1.54, 1.807) is 6.07 Å². The van der Waals surface area contributed by atoms with Crippen molar-refractivity contribution in [2.75, 3.05) is 11.9 Å². The topological polar surface area (TPSA) is 54.0 Å². The van der Waals surface area contributed by atoms with Crippen molar-refractivity contribution in [1.82, 2.24) is 10.3 Å². The molecule has 19 heavy (non-hydrogen) atoms. The zero-order valence-corrected chi connectivity index (χ0v) is 12.4. The Hall–Kier alpha value is -1.58. The van der Waals surface area contributed by atoms with Crippen LogP contribution in [0, 0.1) is 5.92 Å². The molecule has 0 bridgehead atoms. The summed E-state index contributed by atoms with van der Waals surface area (Å²) in [6, 6.07) is 5.63. The van der Waals surface area contributed by atoms with Gasteiger partial charge in [-0.25, -0.2) is 4.98 Å². The van der Waals surface area contributed by atoms with E-state index < -0.39 is 0 Å². The zero-order chi connectivity index (χ0) is 14.3. The summed E-state index contributed by atoms with van der Waals surface area (Å²) < 4.78 is 0. The number of aromatic nitrogens is 1. The van der Waals surface area contributed by atoms with Crippen molar-refractivity contribution in [3.8, 4) is 0 Å². The van der Waals surface area contributed by atoms with Gasteiger partial charge in [-0.3, -0.25) is 4.79 Å². The highest BCUT2D eigenvalue weighted by molar-refractivity contribution is 5.92. The molecule has 106 valence electrons. The molecule has 0 aliphatic carbocycles. The van der Waals surface area contributed by atoms with Crippen LogP contribution in [-0.4, -0.2) is 23.5 Å². The second-order valence-electron chi connectivity index (χ2n) is 5.06. The first kappa shape index (κ1) is 15.5. The normalized spacial score (nSPS) is 13.7. The van der Waals surface area contributed by atoms with Crippen LogP contribution >= 0.6 is 0 Å². The Morgan fingerprint density at radius 3 is 2.68 bits per heavy atom. The van der Waals surface area contributed by atoms with Gasteiger partial charge < -0.3 is 10.6 Å². The Bertz CT molecular complexity index is 406. The Labute approximate surface area is 116 Å². The summed E-state index contributed by atoms with van der Waals surface area (Å²) >= 11 is 0. The first-order chi connectivity index (χ1) is 9.06. The van der Waals surface area contributed by atoms with Crippen LogP contribution in [0.3, 0.4) is 0 Å². The number of carbonyl (C=O) groups is 1. The molecule has 0 radical (unpaired) electrons. The molecule has 0 aliphatic rings. The van der Waals surface area contributed by atoms with Crippen molar-refractivity contribution in [1.29, 1.82) is 0 Å². The number of amides is 1. The van der Waals surface area contributed by atoms with Crippen LogP contribution in [0.1, 0.15) is 51.0 Å². The van der Waals surface area contributed by atoms with E-state index in [4.69, 9.17) is 0 Å². The van der Waals surface area contributed by atoms with Gasteiger partial charge in [0.2, 0.25) is 0 Å². The van der Waals surface area contributed by atoms with Crippen LogP contribution < -0.4 is 10.6 Å². The number of pyridine rings is 1. The second kappa shape index (κ2) is 7.77. The molecular formula is C15H25N3O. The molecule has 0 spiro atoms. The first-order valence-corrected chi connectivity index (χ1v) is 7.08. The molecule has 2 N–H and O–H groups in total. The van der Waals surface area contributed by atoms with Gasteiger partial charge in [0, 0.05) is 12.6 Å². The fraction of sp³-hybridized carbons (Fsp3) is 0.600. The number of hydrogen-bond acceptors (Lipinski definition) is 3. The third-order valence-electron chi connectivity index (χ3n) is 3.17. The van der Waals surface area contributed by atoms with Gasteiger partial charge in [-0.1, -0.05) is 26.3 Å². The SMILES string of the molecule is CCNc1cccc(C(=O)NC(C)CC(C)CC)n1. The lowest BCUT2D eigenvalue weighted by Crippen LogP contribution is -2.34. The van der Waals surface area contributed by atoms with Crippen molar-refractivity contribution in [2.45, 2.75) is 46.6 Å². The van der Waals surface area contributed by atoms with Gasteiger partial charge in [0.15, 0.2) is 0 Å². The third-order valence-corrected chi connectivity index (χ3v) is 3.17. The second-order valence-corrected chi connectivity index (χ2v) is 5.06. The van der Waals surface area contributed by atoms with Gasteiger partial charge in [-0.2, -0.15) is 0 Å². The summed E-state index contributed by atoms with van der Waals surface area (Å²) in [7, 11) is 0. The Balaban J connectivity index is 2.59. The van der Waals surface area contributed by atoms with Crippen molar-refractivity contribution in [2.24, 2.45) is 5.92 Å². The maximum absolute atomic E-state index is 12.1. The molecule has 1 aromatic rings. The quantitative estimate of drug-likeness (QED) is 0.795. The fourth-order valence-electron chi connectivity index (χ4n) is 1.97. The highest BCUT2D eigenvalue weighted by Gasteiger charge is 2.13. The van der Waals surface area contributed by atoms with Crippen LogP contribution in [0.25, 0.3) is 0 Å². The van der Waals surface area contributed by atoms with Crippen LogP contribution in [0.4, 0.5) is 5.82 Å². The van der Waals surface area contributed by atoms with Gasteiger partial charge in [-0.05, 0) is 38.3 Å². The molecule has 0 saturated carbocycles. The number of anilines is 1. The molecule has 0 aromatic carbocycles. The molecule has 1 rings (SSSR count). The molecule has 1 heterocycles. The lowest BCUT2D eigenvalue weighted by Gasteiger charge is -2.17. The van der Waals surface area contributed by atoms with Crippen LogP contribution in [0.5, 0.6) is 0 Å². The first-order valence-electron chi connectivity index (χ1n) is 7.08. The summed E-state index contributed by atoms with van der Waals surface area (Å²) in [5, 5.41) is 6.11. The molecule has 2 unspecified atom stereocenters. The minimum absolute atomic E-state index is 0.101. The van der Waals surface area contributed by atoms with Gasteiger partial charge in [0.05, 0.1) is 0 Å². The molecular weight excluding hydrogens is 238 g/mol. The number of nitrogens with one attached hydrogen (secondary N) is 2. The van der Waals surface area contributed by atoms with Crippen molar-refractivity contribution >= 4 is 11.7 Å². The predicted molar refractivity (Wildman–Crippen MR) is 79.4 cm³/mol. The van der Waals surface area contributed by atoms with Gasteiger partial charge in [0.1, 0.15) is 11.5 Å². The van der Waals surface area contributed by atoms with Crippen molar-refractivity contribution in [3.05, 3.63) is 23.9 Å². The van der Waals surface area contributed by atoms with E-state index >= 15 is 0 Å². The van der Waals surface area contributed by atoms with E-state index in [-0.39, 0.29) is 11.9 Å². The zero-order valence-electron chi connectivity index (χ0n) is 12.4. The highest BCUT2D eigenvalue weighted by atomic mass is 16.1. The highest BCUT2D eigenvalue weighted by Crippen LogP contribution is 2.10. The van der Waals surface area contributed by atoms with Crippen LogP contribution in [0.2, 0.25) is 0 Å². The Morgan fingerprint density at radius 1 is 1.32 bits per heavy atom. The van der Waals surface area contributed by atoms with Crippen LogP contribution in [0.15, 0.2) is 18.2 Å². The van der Waals surface area contributed by atoms with Crippen LogP contribution in [-0.2, 0) is 0 Å². The summed E-state index contributed by atoms with van der Waals surface area (Å²) in [5.41, 5.74) is 0.467. The molecule has 2 atom stereocenters. The van der Waals surface area contributed by atoms with E-state index in [2.05, 4.69) is 29.5 Å². The number of carbonyl (C=O) groups excluding carboxylic acids is 1. The smallest absolute Gasteiger partial charge is 0.270 e. The monoisotopic (exact) mass is 263 g/mol. The summed E-state index contributed by atoms with van der Waals surface area (Å²) in [5.74, 6) is 1.26. The number of rotatable bonds is 7. The number of nitrogens with zero attached hydrogens (tertiary/aromatic N) is 1. The average Bonchev–Trinajstić information content (AvgIpc) is 2.39. The molecule has 1 amide bonds. The van der Waals surface area contributed by atoms with E-state index in [9.17, 15) is 4.79 Å². The van der Waals surface area contributed by atoms with Crippen molar-refractivity contribution in [3.63, 3.8) is 0 Å².